The number of esters is 1. The third kappa shape index (κ3) is 7.86. The number of nitrogens with zero attached hydrogens (tertiary/aromatic N) is 1. The Hall–Kier alpha value is -1.18. The first-order valence-corrected chi connectivity index (χ1v) is 4.50. The average Bonchev–Trinajstić information content (AvgIpc) is 2.15. The van der Waals surface area contributed by atoms with E-state index in [1.807, 2.05) is 0 Å². The summed E-state index contributed by atoms with van der Waals surface area (Å²) in [5.74, 6) is -1.84. The van der Waals surface area contributed by atoms with Gasteiger partial charge in [-0.3, -0.25) is 9.69 Å². The van der Waals surface area contributed by atoms with Gasteiger partial charge in [-0.1, -0.05) is 0 Å². The van der Waals surface area contributed by atoms with E-state index in [1.54, 1.807) is 4.90 Å². The quantitative estimate of drug-likeness (QED) is 0.400. The van der Waals surface area contributed by atoms with E-state index in [4.69, 9.17) is 15.9 Å². The number of aliphatic hydroxyl groups is 1. The van der Waals surface area contributed by atoms with Crippen LogP contribution in [0.15, 0.2) is 0 Å². The molecule has 0 fully saturated rings. The normalized spacial score (nSPS) is 10.3. The van der Waals surface area contributed by atoms with Gasteiger partial charge in [-0.05, 0) is 0 Å². The zero-order valence-electron chi connectivity index (χ0n) is 8.39. The van der Waals surface area contributed by atoms with Gasteiger partial charge in [-0.15, -0.1) is 0 Å². The molecule has 7 nitrogen and oxygen atoms in total. The van der Waals surface area contributed by atoms with Crippen LogP contribution in [0.5, 0.6) is 0 Å². The Kier molecular flexibility index (Phi) is 7.51. The van der Waals surface area contributed by atoms with Gasteiger partial charge in [0, 0.05) is 19.6 Å². The second-order valence-electron chi connectivity index (χ2n) is 2.84. The molecule has 4 N–H and O–H groups in total. The molecule has 0 atom stereocenters. The van der Waals surface area contributed by atoms with Crippen LogP contribution in [0.3, 0.4) is 0 Å². The highest BCUT2D eigenvalue weighted by atomic mass is 16.5. The highest BCUT2D eigenvalue weighted by Crippen LogP contribution is 1.89. The van der Waals surface area contributed by atoms with Crippen molar-refractivity contribution in [3.05, 3.63) is 0 Å². The number of carbonyl (C=O) groups excluding carboxylic acids is 1. The average molecular weight is 220 g/mol. The van der Waals surface area contributed by atoms with E-state index in [0.717, 1.165) is 0 Å². The Morgan fingerprint density at radius 1 is 1.33 bits per heavy atom. The Balaban J connectivity index is 3.82. The largest absolute Gasteiger partial charge is 0.479 e. The fourth-order valence-electron chi connectivity index (χ4n) is 0.964. The number of rotatable bonds is 8. The minimum absolute atomic E-state index is 0.0644. The Morgan fingerprint density at radius 2 is 2.00 bits per heavy atom. The first-order valence-electron chi connectivity index (χ1n) is 4.50. The van der Waals surface area contributed by atoms with Crippen molar-refractivity contribution in [1.29, 1.82) is 0 Å². The Labute approximate surface area is 87.4 Å². The maximum atomic E-state index is 11.1. The molecular weight excluding hydrogens is 204 g/mol. The molecule has 0 bridgehead atoms. The molecule has 0 saturated carbocycles. The number of carboxylic acids is 1. The van der Waals surface area contributed by atoms with Crippen molar-refractivity contribution < 1.29 is 24.5 Å². The summed E-state index contributed by atoms with van der Waals surface area (Å²) >= 11 is 0. The molecule has 0 heterocycles. The summed E-state index contributed by atoms with van der Waals surface area (Å²) < 4.78 is 4.42. The first kappa shape index (κ1) is 13.8. The van der Waals surface area contributed by atoms with Crippen LogP contribution in [0, 0.1) is 0 Å². The molecule has 0 aliphatic rings. The Bertz CT molecular complexity index is 203. The van der Waals surface area contributed by atoms with Gasteiger partial charge in [0.05, 0.1) is 13.2 Å². The third-order valence-electron chi connectivity index (χ3n) is 1.57. The van der Waals surface area contributed by atoms with Gasteiger partial charge >= 0.3 is 11.9 Å². The molecule has 0 aromatic rings. The van der Waals surface area contributed by atoms with Crippen LogP contribution in [0.4, 0.5) is 0 Å². The summed E-state index contributed by atoms with van der Waals surface area (Å²) in [7, 11) is 0. The lowest BCUT2D eigenvalue weighted by atomic mass is 10.4. The maximum absolute atomic E-state index is 11.1. The minimum atomic E-state index is -1.20. The molecule has 0 aliphatic carbocycles. The van der Waals surface area contributed by atoms with E-state index in [2.05, 4.69) is 4.74 Å². The van der Waals surface area contributed by atoms with Crippen LogP contribution in [0.2, 0.25) is 0 Å². The van der Waals surface area contributed by atoms with Crippen molar-refractivity contribution in [3.8, 4) is 0 Å². The van der Waals surface area contributed by atoms with Crippen molar-refractivity contribution >= 4 is 11.9 Å². The molecule has 0 aromatic heterocycles. The van der Waals surface area contributed by atoms with Gasteiger partial charge in [-0.25, -0.2) is 4.79 Å². The van der Waals surface area contributed by atoms with Gasteiger partial charge in [0.2, 0.25) is 0 Å². The van der Waals surface area contributed by atoms with Gasteiger partial charge in [0.1, 0.15) is 0 Å². The molecular formula is C8H16N2O5. The monoisotopic (exact) mass is 220 g/mol. The third-order valence-corrected chi connectivity index (χ3v) is 1.57. The molecule has 0 rings (SSSR count). The Morgan fingerprint density at radius 3 is 2.47 bits per heavy atom. The standard InChI is InChI=1S/C8H16N2O5/c9-1-2-10(3-4-11)5-8(14)15-6-7(12)13/h11H,1-6,9H2,(H,12,13). The van der Waals surface area contributed by atoms with Crippen molar-refractivity contribution in [1.82, 2.24) is 4.90 Å². The number of nitrogens with two attached hydrogens (primary N) is 1. The van der Waals surface area contributed by atoms with Crippen LogP contribution in [0.1, 0.15) is 0 Å². The van der Waals surface area contributed by atoms with Crippen LogP contribution in [-0.2, 0) is 14.3 Å². The summed E-state index contributed by atoms with van der Waals surface area (Å²) in [6.45, 7) is 0.306. The molecule has 0 aromatic carbocycles. The molecule has 0 radical (unpaired) electrons. The maximum Gasteiger partial charge on any atom is 0.341 e. The molecule has 15 heavy (non-hydrogen) atoms. The second-order valence-corrected chi connectivity index (χ2v) is 2.84. The predicted octanol–water partition coefficient (Wildman–Crippen LogP) is -2.13. The highest BCUT2D eigenvalue weighted by Gasteiger charge is 2.11. The summed E-state index contributed by atoms with van der Waals surface area (Å²) in [4.78, 5) is 22.7. The summed E-state index contributed by atoms with van der Waals surface area (Å²) in [6.07, 6.45) is 0. The second kappa shape index (κ2) is 8.16. The van der Waals surface area contributed by atoms with E-state index >= 15 is 0 Å². The number of carbonyl (C=O) groups is 2. The SMILES string of the molecule is NCCN(CCO)CC(=O)OCC(=O)O. The molecule has 0 unspecified atom stereocenters. The number of ether oxygens (including phenoxy) is 1. The van der Waals surface area contributed by atoms with E-state index in [1.165, 1.54) is 0 Å². The van der Waals surface area contributed by atoms with Crippen LogP contribution in [0.25, 0.3) is 0 Å². The van der Waals surface area contributed by atoms with Gasteiger partial charge in [0.15, 0.2) is 6.61 Å². The van der Waals surface area contributed by atoms with E-state index in [9.17, 15) is 9.59 Å². The summed E-state index contributed by atoms with van der Waals surface area (Å²) in [5, 5.41) is 16.9. The first-order chi connectivity index (χ1) is 7.10. The van der Waals surface area contributed by atoms with E-state index < -0.39 is 18.5 Å². The van der Waals surface area contributed by atoms with Crippen LogP contribution >= 0.6 is 0 Å². The number of hydrogen-bond donors (Lipinski definition) is 3. The molecule has 0 saturated heterocycles. The van der Waals surface area contributed by atoms with Gasteiger partial charge in [0.25, 0.3) is 0 Å². The zero-order chi connectivity index (χ0) is 11.7. The van der Waals surface area contributed by atoms with Gasteiger partial charge < -0.3 is 20.7 Å². The van der Waals surface area contributed by atoms with Crippen molar-refractivity contribution in [3.63, 3.8) is 0 Å². The lowest BCUT2D eigenvalue weighted by Crippen LogP contribution is -2.37. The van der Waals surface area contributed by atoms with E-state index in [-0.39, 0.29) is 13.2 Å². The van der Waals surface area contributed by atoms with Crippen molar-refractivity contribution in [2.45, 2.75) is 0 Å². The number of carboxylic acid groups (broad SMARTS) is 1. The molecule has 0 aliphatic heterocycles. The predicted molar refractivity (Wildman–Crippen MR) is 51.2 cm³/mol. The van der Waals surface area contributed by atoms with E-state index in [0.29, 0.717) is 19.6 Å². The fourth-order valence-corrected chi connectivity index (χ4v) is 0.964. The van der Waals surface area contributed by atoms with Crippen molar-refractivity contribution in [2.75, 3.05) is 39.4 Å². The number of aliphatic carboxylic acids is 1. The van der Waals surface area contributed by atoms with Gasteiger partial charge in [-0.2, -0.15) is 0 Å². The summed E-state index contributed by atoms with van der Waals surface area (Å²) in [5.41, 5.74) is 5.29. The molecule has 88 valence electrons. The highest BCUT2D eigenvalue weighted by molar-refractivity contribution is 5.76. The lowest BCUT2D eigenvalue weighted by molar-refractivity contribution is -0.155. The zero-order valence-corrected chi connectivity index (χ0v) is 8.39. The van der Waals surface area contributed by atoms with Crippen molar-refractivity contribution in [2.24, 2.45) is 5.73 Å². The molecule has 0 spiro atoms. The smallest absolute Gasteiger partial charge is 0.341 e. The molecule has 0 amide bonds. The number of hydrogen-bond acceptors (Lipinski definition) is 6. The van der Waals surface area contributed by atoms with Crippen LogP contribution in [-0.4, -0.2) is 66.4 Å². The summed E-state index contributed by atoms with van der Waals surface area (Å²) in [6, 6.07) is 0. The topological polar surface area (TPSA) is 113 Å². The molecule has 7 heteroatoms. The minimum Gasteiger partial charge on any atom is -0.479 e. The fraction of sp³-hybridized carbons (Fsp3) is 0.750. The van der Waals surface area contributed by atoms with Crippen LogP contribution < -0.4 is 5.73 Å². The lowest BCUT2D eigenvalue weighted by Gasteiger charge is -2.18. The number of aliphatic hydroxyl groups excluding tert-OH is 1.